The number of pyridine rings is 1. The number of para-hydroxylation sites is 2. The van der Waals surface area contributed by atoms with Crippen LogP contribution in [0, 0.1) is 5.41 Å². The van der Waals surface area contributed by atoms with Gasteiger partial charge in [0.05, 0.1) is 22.8 Å². The summed E-state index contributed by atoms with van der Waals surface area (Å²) in [6, 6.07) is 17.8. The molecule has 1 amide bonds. The van der Waals surface area contributed by atoms with Crippen molar-refractivity contribution in [3.8, 4) is 0 Å². The van der Waals surface area contributed by atoms with E-state index in [1.807, 2.05) is 54.6 Å². The van der Waals surface area contributed by atoms with Gasteiger partial charge in [0, 0.05) is 11.1 Å². The van der Waals surface area contributed by atoms with Gasteiger partial charge in [0.2, 0.25) is 5.91 Å². The van der Waals surface area contributed by atoms with Crippen molar-refractivity contribution in [2.45, 2.75) is 38.5 Å². The van der Waals surface area contributed by atoms with Gasteiger partial charge < -0.3 is 11.1 Å². The molecule has 1 saturated carbocycles. The number of hydrogen-bond donors (Lipinski definition) is 2. The SMILES string of the molecule is Nc1ccccc1CC1(C(=O)Nc2cnc3ccccc3c2)CCCCC1. The number of nitrogens with two attached hydrogens (primary N) is 1. The van der Waals surface area contributed by atoms with E-state index >= 15 is 0 Å². The zero-order chi connectivity index (χ0) is 18.7. The number of nitrogens with one attached hydrogen (secondary N) is 1. The van der Waals surface area contributed by atoms with E-state index in [4.69, 9.17) is 5.73 Å². The predicted octanol–water partition coefficient (Wildman–Crippen LogP) is 4.95. The van der Waals surface area contributed by atoms with Crippen LogP contribution in [0.1, 0.15) is 37.7 Å². The molecule has 3 N–H and O–H groups in total. The highest BCUT2D eigenvalue weighted by atomic mass is 16.2. The van der Waals surface area contributed by atoms with Crippen molar-refractivity contribution in [2.75, 3.05) is 11.1 Å². The molecule has 1 aliphatic rings. The quantitative estimate of drug-likeness (QED) is 0.648. The van der Waals surface area contributed by atoms with Gasteiger partial charge in [0.1, 0.15) is 0 Å². The lowest BCUT2D eigenvalue weighted by molar-refractivity contribution is -0.127. The van der Waals surface area contributed by atoms with Gasteiger partial charge in [-0.15, -0.1) is 0 Å². The van der Waals surface area contributed by atoms with E-state index in [-0.39, 0.29) is 5.91 Å². The molecule has 0 unspecified atom stereocenters. The Labute approximate surface area is 159 Å². The summed E-state index contributed by atoms with van der Waals surface area (Å²) >= 11 is 0. The van der Waals surface area contributed by atoms with Gasteiger partial charge in [-0.3, -0.25) is 9.78 Å². The Morgan fingerprint density at radius 2 is 1.78 bits per heavy atom. The number of nitrogen functional groups attached to an aromatic ring is 1. The second-order valence-corrected chi connectivity index (χ2v) is 7.59. The lowest BCUT2D eigenvalue weighted by atomic mass is 9.69. The number of rotatable bonds is 4. The second kappa shape index (κ2) is 7.39. The van der Waals surface area contributed by atoms with E-state index in [2.05, 4.69) is 10.3 Å². The third kappa shape index (κ3) is 3.65. The molecule has 0 radical (unpaired) electrons. The molecule has 4 heteroatoms. The summed E-state index contributed by atoms with van der Waals surface area (Å²) in [5.41, 5.74) is 9.28. The molecule has 0 saturated heterocycles. The Hall–Kier alpha value is -2.88. The maximum Gasteiger partial charge on any atom is 0.230 e. The molecule has 0 bridgehead atoms. The first-order valence-electron chi connectivity index (χ1n) is 9.66. The minimum Gasteiger partial charge on any atom is -0.399 e. The summed E-state index contributed by atoms with van der Waals surface area (Å²) in [5, 5.41) is 4.17. The molecule has 3 aromatic rings. The van der Waals surface area contributed by atoms with Crippen LogP contribution in [-0.4, -0.2) is 10.9 Å². The minimum atomic E-state index is -0.403. The Balaban J connectivity index is 1.61. The molecule has 1 aromatic heterocycles. The van der Waals surface area contributed by atoms with E-state index in [0.29, 0.717) is 6.42 Å². The number of carbonyl (C=O) groups is 1. The Bertz CT molecular complexity index is 961. The molecule has 138 valence electrons. The molecule has 1 heterocycles. The smallest absolute Gasteiger partial charge is 0.230 e. The van der Waals surface area contributed by atoms with Crippen molar-refractivity contribution in [1.29, 1.82) is 0 Å². The number of benzene rings is 2. The summed E-state index contributed by atoms with van der Waals surface area (Å²) in [7, 11) is 0. The van der Waals surface area contributed by atoms with Crippen LogP contribution >= 0.6 is 0 Å². The first kappa shape index (κ1) is 17.5. The van der Waals surface area contributed by atoms with Crippen molar-refractivity contribution >= 4 is 28.2 Å². The largest absolute Gasteiger partial charge is 0.399 e. The van der Waals surface area contributed by atoms with Gasteiger partial charge in [-0.2, -0.15) is 0 Å². The second-order valence-electron chi connectivity index (χ2n) is 7.59. The molecule has 27 heavy (non-hydrogen) atoms. The average Bonchev–Trinajstić information content (AvgIpc) is 2.70. The first-order chi connectivity index (χ1) is 13.2. The molecule has 4 rings (SSSR count). The number of anilines is 2. The van der Waals surface area contributed by atoms with E-state index < -0.39 is 5.41 Å². The zero-order valence-corrected chi connectivity index (χ0v) is 15.4. The summed E-state index contributed by atoms with van der Waals surface area (Å²) in [6.45, 7) is 0. The van der Waals surface area contributed by atoms with Crippen molar-refractivity contribution in [2.24, 2.45) is 5.41 Å². The third-order valence-corrected chi connectivity index (χ3v) is 5.72. The Kier molecular flexibility index (Phi) is 4.80. The summed E-state index contributed by atoms with van der Waals surface area (Å²) < 4.78 is 0. The van der Waals surface area contributed by atoms with Crippen LogP contribution in [0.2, 0.25) is 0 Å². The topological polar surface area (TPSA) is 68.0 Å². The highest BCUT2D eigenvalue weighted by Gasteiger charge is 2.40. The molecular formula is C23H25N3O. The fraction of sp³-hybridized carbons (Fsp3) is 0.304. The maximum atomic E-state index is 13.4. The van der Waals surface area contributed by atoms with Crippen LogP contribution in [0.25, 0.3) is 10.9 Å². The van der Waals surface area contributed by atoms with Crippen molar-refractivity contribution in [3.05, 3.63) is 66.4 Å². The van der Waals surface area contributed by atoms with Crippen molar-refractivity contribution in [3.63, 3.8) is 0 Å². The maximum absolute atomic E-state index is 13.4. The summed E-state index contributed by atoms with van der Waals surface area (Å²) in [6.07, 6.45) is 7.57. The number of fused-ring (bicyclic) bond motifs is 1. The molecule has 0 aliphatic heterocycles. The highest BCUT2D eigenvalue weighted by molar-refractivity contribution is 5.97. The number of aromatic nitrogens is 1. The van der Waals surface area contributed by atoms with Crippen LogP contribution in [-0.2, 0) is 11.2 Å². The minimum absolute atomic E-state index is 0.0857. The van der Waals surface area contributed by atoms with Crippen LogP contribution in [0.15, 0.2) is 60.8 Å². The van der Waals surface area contributed by atoms with Crippen molar-refractivity contribution < 1.29 is 4.79 Å². The average molecular weight is 359 g/mol. The van der Waals surface area contributed by atoms with Gasteiger partial charge >= 0.3 is 0 Å². The number of carbonyl (C=O) groups excluding carboxylic acids is 1. The normalized spacial score (nSPS) is 16.1. The van der Waals surface area contributed by atoms with E-state index in [0.717, 1.165) is 53.5 Å². The zero-order valence-electron chi connectivity index (χ0n) is 15.4. The van der Waals surface area contributed by atoms with Gasteiger partial charge in [-0.1, -0.05) is 55.7 Å². The fourth-order valence-electron chi connectivity index (χ4n) is 4.18. The molecular weight excluding hydrogens is 334 g/mol. The molecule has 4 nitrogen and oxygen atoms in total. The first-order valence-corrected chi connectivity index (χ1v) is 9.66. The van der Waals surface area contributed by atoms with Crippen LogP contribution < -0.4 is 11.1 Å². The Morgan fingerprint density at radius 3 is 2.59 bits per heavy atom. The fourth-order valence-corrected chi connectivity index (χ4v) is 4.18. The van der Waals surface area contributed by atoms with Gasteiger partial charge in [0.25, 0.3) is 0 Å². The monoisotopic (exact) mass is 359 g/mol. The van der Waals surface area contributed by atoms with Crippen LogP contribution in [0.3, 0.4) is 0 Å². The van der Waals surface area contributed by atoms with Gasteiger partial charge in [0.15, 0.2) is 0 Å². The van der Waals surface area contributed by atoms with E-state index in [1.165, 1.54) is 6.42 Å². The summed E-state index contributed by atoms with van der Waals surface area (Å²) in [4.78, 5) is 17.8. The van der Waals surface area contributed by atoms with E-state index in [1.54, 1.807) is 6.20 Å². The molecule has 1 fully saturated rings. The molecule has 0 spiro atoms. The standard InChI is InChI=1S/C23H25N3O/c24-20-10-4-2-9-18(20)15-23(12-6-1-7-13-23)22(27)26-19-14-17-8-3-5-11-21(17)25-16-19/h2-5,8-11,14,16H,1,6-7,12-13,15,24H2,(H,26,27). The lowest BCUT2D eigenvalue weighted by Crippen LogP contribution is -2.40. The highest BCUT2D eigenvalue weighted by Crippen LogP contribution is 2.41. The van der Waals surface area contributed by atoms with Crippen LogP contribution in [0.5, 0.6) is 0 Å². The number of nitrogens with zero attached hydrogens (tertiary/aromatic N) is 1. The van der Waals surface area contributed by atoms with Crippen LogP contribution in [0.4, 0.5) is 11.4 Å². The predicted molar refractivity (Wildman–Crippen MR) is 110 cm³/mol. The number of hydrogen-bond acceptors (Lipinski definition) is 3. The van der Waals surface area contributed by atoms with Gasteiger partial charge in [-0.25, -0.2) is 0 Å². The lowest BCUT2D eigenvalue weighted by Gasteiger charge is -2.36. The Morgan fingerprint density at radius 1 is 1.04 bits per heavy atom. The van der Waals surface area contributed by atoms with E-state index in [9.17, 15) is 4.79 Å². The van der Waals surface area contributed by atoms with Gasteiger partial charge in [-0.05, 0) is 43.0 Å². The van der Waals surface area contributed by atoms with Crippen molar-refractivity contribution in [1.82, 2.24) is 4.98 Å². The molecule has 2 aromatic carbocycles. The molecule has 1 aliphatic carbocycles. The number of amides is 1. The third-order valence-electron chi connectivity index (χ3n) is 5.72. The molecule has 0 atom stereocenters. The summed E-state index contributed by atoms with van der Waals surface area (Å²) in [5.74, 6) is 0.0857.